The van der Waals surface area contributed by atoms with Crippen LogP contribution in [0.25, 0.3) is 11.4 Å². The van der Waals surface area contributed by atoms with E-state index in [0.717, 1.165) is 30.6 Å². The lowest BCUT2D eigenvalue weighted by atomic mass is 9.77. The number of hydrogen-bond acceptors (Lipinski definition) is 5. The first-order valence-electron chi connectivity index (χ1n) is 9.12. The van der Waals surface area contributed by atoms with E-state index in [-0.39, 0.29) is 11.7 Å². The summed E-state index contributed by atoms with van der Waals surface area (Å²) < 4.78 is 41.8. The summed E-state index contributed by atoms with van der Waals surface area (Å²) in [6.45, 7) is 4.67. The van der Waals surface area contributed by atoms with E-state index < -0.39 is 12.1 Å². The molecule has 0 bridgehead atoms. The number of fused-ring (bicyclic) bond motifs is 1. The highest BCUT2D eigenvalue weighted by Crippen LogP contribution is 2.40. The van der Waals surface area contributed by atoms with E-state index in [1.54, 1.807) is 0 Å². The number of halogens is 3. The third-order valence-corrected chi connectivity index (χ3v) is 5.36. The fraction of sp³-hybridized carbons (Fsp3) is 0.474. The zero-order chi connectivity index (χ0) is 19.9. The first-order valence-corrected chi connectivity index (χ1v) is 9.12. The van der Waals surface area contributed by atoms with Gasteiger partial charge in [-0.05, 0) is 43.7 Å². The number of likely N-dealkylation sites (tertiary alicyclic amines) is 1. The minimum absolute atomic E-state index is 0.185. The van der Waals surface area contributed by atoms with Gasteiger partial charge in [-0.25, -0.2) is 4.99 Å². The molecule has 2 atom stereocenters. The van der Waals surface area contributed by atoms with E-state index in [9.17, 15) is 18.0 Å². The lowest BCUT2D eigenvalue weighted by Crippen LogP contribution is -2.26. The number of carbonyl (C=O) groups excluding carboxylic acids is 1. The van der Waals surface area contributed by atoms with Gasteiger partial charge in [0.05, 0.1) is 0 Å². The van der Waals surface area contributed by atoms with Gasteiger partial charge >= 0.3 is 12.1 Å². The number of carbonyl (C=O) groups is 1. The molecule has 1 aliphatic heterocycles. The molecule has 1 aliphatic carbocycles. The zero-order valence-corrected chi connectivity index (χ0v) is 15.2. The van der Waals surface area contributed by atoms with Gasteiger partial charge in [-0.3, -0.25) is 9.69 Å². The molecule has 2 heterocycles. The molecule has 2 aromatic rings. The van der Waals surface area contributed by atoms with Crippen molar-refractivity contribution in [2.24, 2.45) is 16.8 Å². The Hall–Kier alpha value is -2.55. The topological polar surface area (TPSA) is 71.6 Å². The highest BCUT2D eigenvalue weighted by Gasteiger charge is 2.39. The van der Waals surface area contributed by atoms with Crippen molar-refractivity contribution in [3.05, 3.63) is 35.7 Å². The number of hydrogen-bond donors (Lipinski definition) is 0. The fourth-order valence-electron chi connectivity index (χ4n) is 3.80. The number of benzene rings is 1. The van der Waals surface area contributed by atoms with Crippen LogP contribution in [0.3, 0.4) is 0 Å². The molecule has 1 aromatic carbocycles. The van der Waals surface area contributed by atoms with Gasteiger partial charge in [-0.1, -0.05) is 17.3 Å². The van der Waals surface area contributed by atoms with Gasteiger partial charge in [0.2, 0.25) is 5.82 Å². The monoisotopic (exact) mass is 392 g/mol. The van der Waals surface area contributed by atoms with Crippen molar-refractivity contribution in [2.45, 2.75) is 25.9 Å². The molecule has 2 fully saturated rings. The third kappa shape index (κ3) is 3.84. The largest absolute Gasteiger partial charge is 0.471 e. The predicted octanol–water partition coefficient (Wildman–Crippen LogP) is 3.70. The second-order valence-electron chi connectivity index (χ2n) is 7.44. The average molecular weight is 392 g/mol. The molecule has 1 saturated carbocycles. The lowest BCUT2D eigenvalue weighted by Gasteiger charge is -2.28. The van der Waals surface area contributed by atoms with Gasteiger partial charge in [-0.2, -0.15) is 18.2 Å². The molecule has 9 heteroatoms. The Kier molecular flexibility index (Phi) is 4.78. The molecule has 1 aromatic heterocycles. The maximum absolute atomic E-state index is 12.5. The van der Waals surface area contributed by atoms with E-state index in [4.69, 9.17) is 0 Å². The summed E-state index contributed by atoms with van der Waals surface area (Å²) in [5.74, 6) is -0.360. The maximum atomic E-state index is 12.5. The number of alkyl halides is 3. The Morgan fingerprint density at radius 3 is 2.39 bits per heavy atom. The van der Waals surface area contributed by atoms with E-state index in [1.165, 1.54) is 37.1 Å². The van der Waals surface area contributed by atoms with Crippen molar-refractivity contribution in [3.8, 4) is 11.4 Å². The second-order valence-corrected chi connectivity index (χ2v) is 7.44. The first kappa shape index (κ1) is 18.8. The summed E-state index contributed by atoms with van der Waals surface area (Å²) in [6, 6.07) is 5.94. The number of aliphatic imine (C=N–C) groups is 1. The number of amides is 1. The highest BCUT2D eigenvalue weighted by atomic mass is 19.4. The Morgan fingerprint density at radius 2 is 1.86 bits per heavy atom. The maximum Gasteiger partial charge on any atom is 0.471 e. The summed E-state index contributed by atoms with van der Waals surface area (Å²) in [4.78, 5) is 22.2. The van der Waals surface area contributed by atoms with Crippen LogP contribution in [0.15, 0.2) is 33.8 Å². The van der Waals surface area contributed by atoms with Gasteiger partial charge in [0.1, 0.15) is 0 Å². The van der Waals surface area contributed by atoms with Crippen molar-refractivity contribution >= 4 is 11.6 Å². The van der Waals surface area contributed by atoms with Gasteiger partial charge in [-0.15, -0.1) is 0 Å². The molecule has 0 radical (unpaired) electrons. The second kappa shape index (κ2) is 7.12. The van der Waals surface area contributed by atoms with E-state index >= 15 is 0 Å². The molecule has 0 N–H and O–H groups in total. The molecule has 1 saturated heterocycles. The van der Waals surface area contributed by atoms with E-state index in [0.29, 0.717) is 17.7 Å². The summed E-state index contributed by atoms with van der Waals surface area (Å²) in [6.07, 6.45) is -2.09. The Balaban J connectivity index is 1.40. The minimum Gasteiger partial charge on any atom is -0.329 e. The number of rotatable bonds is 4. The van der Waals surface area contributed by atoms with Crippen LogP contribution in [0, 0.1) is 11.8 Å². The standard InChI is InChI=1S/C19H19F3N4O2/c1-11(8-26-9-14-6-7-15(14)10-26)23-17(27)13-4-2-12(3-5-13)16-24-18(28-25-16)19(20,21)22/h2-5,14-15H,6-10H2,1H3/b23-11+. The quantitative estimate of drug-likeness (QED) is 0.742. The first-order chi connectivity index (χ1) is 13.3. The summed E-state index contributed by atoms with van der Waals surface area (Å²) in [5, 5.41) is 3.33. The summed E-state index contributed by atoms with van der Waals surface area (Å²) in [5.41, 5.74) is 1.43. The van der Waals surface area contributed by atoms with Crippen LogP contribution in [0.1, 0.15) is 36.0 Å². The highest BCUT2D eigenvalue weighted by molar-refractivity contribution is 6.03. The normalized spacial score (nSPS) is 22.8. The van der Waals surface area contributed by atoms with Crippen LogP contribution in [-0.2, 0) is 6.18 Å². The molecule has 0 spiro atoms. The molecule has 2 unspecified atom stereocenters. The van der Waals surface area contributed by atoms with Crippen LogP contribution in [0.2, 0.25) is 0 Å². The molecule has 1 amide bonds. The van der Waals surface area contributed by atoms with Crippen LogP contribution in [0.4, 0.5) is 13.2 Å². The van der Waals surface area contributed by atoms with Crippen molar-refractivity contribution < 1.29 is 22.5 Å². The molecular weight excluding hydrogens is 373 g/mol. The molecule has 4 rings (SSSR count). The molecular formula is C19H19F3N4O2. The Bertz CT molecular complexity index is 893. The Morgan fingerprint density at radius 1 is 1.21 bits per heavy atom. The minimum atomic E-state index is -4.69. The van der Waals surface area contributed by atoms with Crippen molar-refractivity contribution in [3.63, 3.8) is 0 Å². The van der Waals surface area contributed by atoms with Gasteiger partial charge in [0, 0.05) is 36.5 Å². The summed E-state index contributed by atoms with van der Waals surface area (Å²) in [7, 11) is 0. The Labute approximate surface area is 159 Å². The zero-order valence-electron chi connectivity index (χ0n) is 15.2. The van der Waals surface area contributed by atoms with Crippen molar-refractivity contribution in [2.75, 3.05) is 19.6 Å². The SMILES string of the molecule is C/C(CN1CC2CCC2C1)=N\C(=O)c1ccc(-c2noc(C(F)(F)F)n2)cc1. The van der Waals surface area contributed by atoms with Crippen molar-refractivity contribution in [1.82, 2.24) is 15.0 Å². The van der Waals surface area contributed by atoms with Gasteiger partial charge in [0.25, 0.3) is 5.91 Å². The molecule has 148 valence electrons. The lowest BCUT2D eigenvalue weighted by molar-refractivity contribution is -0.159. The molecule has 28 heavy (non-hydrogen) atoms. The van der Waals surface area contributed by atoms with E-state index in [2.05, 4.69) is 24.6 Å². The average Bonchev–Trinajstić information content (AvgIpc) is 3.22. The van der Waals surface area contributed by atoms with Crippen LogP contribution in [0.5, 0.6) is 0 Å². The third-order valence-electron chi connectivity index (χ3n) is 5.36. The van der Waals surface area contributed by atoms with Crippen LogP contribution in [-0.4, -0.2) is 46.3 Å². The summed E-state index contributed by atoms with van der Waals surface area (Å²) >= 11 is 0. The number of nitrogens with zero attached hydrogens (tertiary/aromatic N) is 4. The van der Waals surface area contributed by atoms with Crippen LogP contribution < -0.4 is 0 Å². The smallest absolute Gasteiger partial charge is 0.329 e. The fourth-order valence-corrected chi connectivity index (χ4v) is 3.80. The van der Waals surface area contributed by atoms with Crippen LogP contribution >= 0.6 is 0 Å². The van der Waals surface area contributed by atoms with Gasteiger partial charge in [0.15, 0.2) is 0 Å². The predicted molar refractivity (Wildman–Crippen MR) is 94.8 cm³/mol. The van der Waals surface area contributed by atoms with E-state index in [1.807, 2.05) is 6.92 Å². The number of aromatic nitrogens is 2. The molecule has 6 nitrogen and oxygen atoms in total. The van der Waals surface area contributed by atoms with Gasteiger partial charge < -0.3 is 4.52 Å². The van der Waals surface area contributed by atoms with Crippen molar-refractivity contribution in [1.29, 1.82) is 0 Å². The molecule has 2 aliphatic rings.